The molecule has 0 spiro atoms. The molecule has 2 aliphatic heterocycles. The van der Waals surface area contributed by atoms with Gasteiger partial charge < -0.3 is 14.7 Å². The molecule has 2 atom stereocenters. The first-order valence-electron chi connectivity index (χ1n) is 12.8. The van der Waals surface area contributed by atoms with E-state index in [1.54, 1.807) is 6.07 Å². The summed E-state index contributed by atoms with van der Waals surface area (Å²) in [6.07, 6.45) is 0.786. The van der Waals surface area contributed by atoms with Crippen LogP contribution in [0.3, 0.4) is 0 Å². The quantitative estimate of drug-likeness (QED) is 0.266. The van der Waals surface area contributed by atoms with Gasteiger partial charge in [0.1, 0.15) is 17.6 Å². The smallest absolute Gasteiger partial charge is 0.300 e. The Kier molecular flexibility index (Phi) is 6.50. The van der Waals surface area contributed by atoms with Crippen molar-refractivity contribution >= 4 is 28.8 Å². The number of aliphatic hydroxyl groups is 1. The monoisotopic (exact) mass is 496 g/mol. The van der Waals surface area contributed by atoms with Gasteiger partial charge in [-0.2, -0.15) is 0 Å². The molecule has 0 radical (unpaired) electrons. The summed E-state index contributed by atoms with van der Waals surface area (Å²) in [6, 6.07) is 20.1. The lowest BCUT2D eigenvalue weighted by molar-refractivity contribution is -0.132. The molecule has 1 N–H and O–H groups in total. The Labute approximate surface area is 217 Å². The first-order valence-corrected chi connectivity index (χ1v) is 12.8. The Bertz CT molecular complexity index is 1370. The first-order chi connectivity index (χ1) is 17.8. The number of aryl methyl sites for hydroxylation is 1. The predicted octanol–water partition coefficient (Wildman–Crippen LogP) is 5.79. The van der Waals surface area contributed by atoms with Crippen LogP contribution >= 0.6 is 0 Å². The molecule has 2 aliphatic rings. The number of rotatable bonds is 6. The fourth-order valence-electron chi connectivity index (χ4n) is 5.30. The van der Waals surface area contributed by atoms with Gasteiger partial charge in [-0.1, -0.05) is 29.8 Å². The second-order valence-corrected chi connectivity index (χ2v) is 9.72. The molecule has 190 valence electrons. The number of carbonyl (C=O) groups is 2. The fraction of sp³-hybridized carbons (Fsp3) is 0.290. The molecular formula is C31H32N2O4. The highest BCUT2D eigenvalue weighted by molar-refractivity contribution is 6.51. The minimum atomic E-state index is -0.753. The van der Waals surface area contributed by atoms with Gasteiger partial charge in [-0.05, 0) is 81.3 Å². The number of ketones is 1. The number of aliphatic hydroxyl groups excluding tert-OH is 1. The number of amides is 1. The highest BCUT2D eigenvalue weighted by atomic mass is 16.5. The topological polar surface area (TPSA) is 70.1 Å². The van der Waals surface area contributed by atoms with Crippen molar-refractivity contribution in [2.45, 2.75) is 46.3 Å². The summed E-state index contributed by atoms with van der Waals surface area (Å²) in [6.45, 7) is 9.92. The van der Waals surface area contributed by atoms with Crippen molar-refractivity contribution < 1.29 is 19.4 Å². The molecule has 0 aliphatic carbocycles. The number of Topliss-reactive ketones (excluding diaryl/α,β-unsaturated/α-hetero) is 1. The number of hydrogen-bond acceptors (Lipinski definition) is 5. The van der Waals surface area contributed by atoms with Crippen molar-refractivity contribution in [3.05, 3.63) is 94.6 Å². The van der Waals surface area contributed by atoms with Gasteiger partial charge in [0.25, 0.3) is 11.7 Å². The SMILES string of the molecule is CCN(CC)c1ccc(C2/C(=C(/O)c3ccc4c(c3)CC(C)O4)C(=O)C(=O)N2c2ccc(C)cc2)cc1. The van der Waals surface area contributed by atoms with Crippen LogP contribution in [-0.2, 0) is 16.0 Å². The van der Waals surface area contributed by atoms with E-state index >= 15 is 0 Å². The molecule has 6 heteroatoms. The third-order valence-electron chi connectivity index (χ3n) is 7.26. The number of benzene rings is 3. The van der Waals surface area contributed by atoms with Gasteiger partial charge in [0.05, 0.1) is 11.6 Å². The number of carbonyl (C=O) groups excluding carboxylic acids is 2. The summed E-state index contributed by atoms with van der Waals surface area (Å²) in [5, 5.41) is 11.5. The molecule has 0 aromatic heterocycles. The number of nitrogens with zero attached hydrogens (tertiary/aromatic N) is 2. The molecule has 2 heterocycles. The minimum Gasteiger partial charge on any atom is -0.507 e. The van der Waals surface area contributed by atoms with Gasteiger partial charge >= 0.3 is 0 Å². The van der Waals surface area contributed by atoms with E-state index in [2.05, 4.69) is 18.7 Å². The van der Waals surface area contributed by atoms with E-state index in [1.807, 2.05) is 74.5 Å². The van der Waals surface area contributed by atoms with Crippen LogP contribution in [0.15, 0.2) is 72.3 Å². The zero-order valence-corrected chi connectivity index (χ0v) is 21.7. The third-order valence-corrected chi connectivity index (χ3v) is 7.26. The van der Waals surface area contributed by atoms with Crippen LogP contribution in [0.25, 0.3) is 5.76 Å². The Balaban J connectivity index is 1.65. The molecule has 0 bridgehead atoms. The van der Waals surface area contributed by atoms with Crippen molar-refractivity contribution in [1.82, 2.24) is 0 Å². The van der Waals surface area contributed by atoms with Crippen LogP contribution in [0.5, 0.6) is 5.75 Å². The van der Waals surface area contributed by atoms with Gasteiger partial charge in [-0.25, -0.2) is 0 Å². The second-order valence-electron chi connectivity index (χ2n) is 9.72. The highest BCUT2D eigenvalue weighted by Crippen LogP contribution is 2.43. The standard InChI is InChI=1S/C31H32N2O4/c1-5-32(6-2)24-14-9-21(10-15-24)28-27(29(34)22-11-16-26-23(18-22)17-20(4)37-26)30(35)31(36)33(28)25-12-7-19(3)8-13-25/h7-16,18,20,28,34H,5-6,17H2,1-4H3/b29-27-. The molecule has 1 fully saturated rings. The fourth-order valence-corrected chi connectivity index (χ4v) is 5.30. The van der Waals surface area contributed by atoms with Gasteiger partial charge in [-0.3, -0.25) is 14.5 Å². The summed E-state index contributed by atoms with van der Waals surface area (Å²) in [7, 11) is 0. The largest absolute Gasteiger partial charge is 0.507 e. The lowest BCUT2D eigenvalue weighted by Crippen LogP contribution is -2.29. The molecule has 6 nitrogen and oxygen atoms in total. The van der Waals surface area contributed by atoms with E-state index < -0.39 is 17.7 Å². The van der Waals surface area contributed by atoms with E-state index in [1.165, 1.54) is 4.90 Å². The predicted molar refractivity (Wildman–Crippen MR) is 146 cm³/mol. The zero-order chi connectivity index (χ0) is 26.3. The summed E-state index contributed by atoms with van der Waals surface area (Å²) < 4.78 is 5.80. The van der Waals surface area contributed by atoms with E-state index in [0.717, 1.165) is 47.6 Å². The summed E-state index contributed by atoms with van der Waals surface area (Å²) in [5.41, 5.74) is 5.06. The van der Waals surface area contributed by atoms with Crippen molar-refractivity contribution in [3.63, 3.8) is 0 Å². The van der Waals surface area contributed by atoms with Gasteiger partial charge in [0.2, 0.25) is 0 Å². The summed E-state index contributed by atoms with van der Waals surface area (Å²) in [5.74, 6) is -0.733. The second kappa shape index (κ2) is 9.77. The molecule has 1 saturated heterocycles. The van der Waals surface area contributed by atoms with Crippen LogP contribution in [0, 0.1) is 6.92 Å². The number of hydrogen-bond donors (Lipinski definition) is 1. The third kappa shape index (κ3) is 4.37. The van der Waals surface area contributed by atoms with E-state index in [-0.39, 0.29) is 17.4 Å². The van der Waals surface area contributed by atoms with Crippen LogP contribution in [0.4, 0.5) is 11.4 Å². The first kappa shape index (κ1) is 24.6. The highest BCUT2D eigenvalue weighted by Gasteiger charge is 2.47. The number of ether oxygens (including phenoxy) is 1. The van der Waals surface area contributed by atoms with E-state index in [0.29, 0.717) is 11.3 Å². The number of anilines is 2. The molecular weight excluding hydrogens is 464 g/mol. The van der Waals surface area contributed by atoms with E-state index in [4.69, 9.17) is 4.74 Å². The van der Waals surface area contributed by atoms with E-state index in [9.17, 15) is 14.7 Å². The molecule has 2 unspecified atom stereocenters. The minimum absolute atomic E-state index is 0.0591. The lowest BCUT2D eigenvalue weighted by Gasteiger charge is -2.27. The zero-order valence-electron chi connectivity index (χ0n) is 21.7. The molecule has 3 aromatic rings. The Hall–Kier alpha value is -4.06. The van der Waals surface area contributed by atoms with Crippen LogP contribution < -0.4 is 14.5 Å². The average molecular weight is 497 g/mol. The van der Waals surface area contributed by atoms with Crippen molar-refractivity contribution in [2.75, 3.05) is 22.9 Å². The Morgan fingerprint density at radius 1 is 1.00 bits per heavy atom. The van der Waals surface area contributed by atoms with Crippen LogP contribution in [-0.4, -0.2) is 36.0 Å². The normalized spacial score (nSPS) is 20.2. The maximum Gasteiger partial charge on any atom is 0.300 e. The van der Waals surface area contributed by atoms with Gasteiger partial charge in [0.15, 0.2) is 0 Å². The number of fused-ring (bicyclic) bond motifs is 1. The van der Waals surface area contributed by atoms with Crippen molar-refractivity contribution in [2.24, 2.45) is 0 Å². The Morgan fingerprint density at radius 3 is 2.32 bits per heavy atom. The van der Waals surface area contributed by atoms with Gasteiger partial charge in [0, 0.05) is 36.4 Å². The van der Waals surface area contributed by atoms with Gasteiger partial charge in [-0.15, -0.1) is 0 Å². The molecule has 3 aromatic carbocycles. The van der Waals surface area contributed by atoms with Crippen LogP contribution in [0.2, 0.25) is 0 Å². The van der Waals surface area contributed by atoms with Crippen molar-refractivity contribution in [1.29, 1.82) is 0 Å². The molecule has 5 rings (SSSR count). The van der Waals surface area contributed by atoms with Crippen LogP contribution in [0.1, 0.15) is 49.1 Å². The lowest BCUT2D eigenvalue weighted by atomic mass is 9.94. The molecule has 1 amide bonds. The summed E-state index contributed by atoms with van der Waals surface area (Å²) >= 11 is 0. The Morgan fingerprint density at radius 2 is 1.68 bits per heavy atom. The summed E-state index contributed by atoms with van der Waals surface area (Å²) in [4.78, 5) is 30.6. The van der Waals surface area contributed by atoms with Crippen molar-refractivity contribution in [3.8, 4) is 5.75 Å². The molecule has 37 heavy (non-hydrogen) atoms. The maximum atomic E-state index is 13.5. The molecule has 0 saturated carbocycles. The maximum absolute atomic E-state index is 13.5. The average Bonchev–Trinajstić information content (AvgIpc) is 3.40.